The molecule has 0 fully saturated rings. The highest BCUT2D eigenvalue weighted by Gasteiger charge is 2.28. The zero-order valence-corrected chi connectivity index (χ0v) is 13.4. The SMILES string of the molecule is Cc1ccc(C(Cc2ccncc2)[Si](C)(C)C)cc1. The van der Waals surface area contributed by atoms with Crippen molar-refractivity contribution in [2.75, 3.05) is 0 Å². The van der Waals surface area contributed by atoms with Gasteiger partial charge in [0.15, 0.2) is 0 Å². The molecule has 0 aliphatic carbocycles. The zero-order chi connectivity index (χ0) is 13.9. The summed E-state index contributed by atoms with van der Waals surface area (Å²) in [4.78, 5) is 4.11. The van der Waals surface area contributed by atoms with E-state index in [0.717, 1.165) is 6.42 Å². The number of pyridine rings is 1. The first-order valence-electron chi connectivity index (χ1n) is 6.92. The number of aryl methyl sites for hydroxylation is 1. The maximum absolute atomic E-state index is 4.11. The molecule has 2 rings (SSSR count). The minimum atomic E-state index is -1.25. The van der Waals surface area contributed by atoms with Gasteiger partial charge in [0.2, 0.25) is 0 Å². The fraction of sp³-hybridized carbons (Fsp3) is 0.353. The number of rotatable bonds is 4. The van der Waals surface area contributed by atoms with E-state index in [1.165, 1.54) is 16.7 Å². The molecular weight excluding hydrogens is 246 g/mol. The van der Waals surface area contributed by atoms with Gasteiger partial charge in [-0.25, -0.2) is 0 Å². The summed E-state index contributed by atoms with van der Waals surface area (Å²) in [5.41, 5.74) is 4.88. The summed E-state index contributed by atoms with van der Waals surface area (Å²) in [5, 5.41) is 0. The van der Waals surface area contributed by atoms with Gasteiger partial charge in [0.1, 0.15) is 0 Å². The molecule has 0 saturated heterocycles. The number of benzene rings is 1. The molecule has 19 heavy (non-hydrogen) atoms. The molecule has 1 nitrogen and oxygen atoms in total. The lowest BCUT2D eigenvalue weighted by atomic mass is 10.0. The summed E-state index contributed by atoms with van der Waals surface area (Å²) in [6.07, 6.45) is 4.92. The van der Waals surface area contributed by atoms with Crippen LogP contribution in [0.3, 0.4) is 0 Å². The van der Waals surface area contributed by atoms with Crippen LogP contribution in [0, 0.1) is 6.92 Å². The number of hydrogen-bond donors (Lipinski definition) is 0. The van der Waals surface area contributed by atoms with Gasteiger partial charge in [0, 0.05) is 12.4 Å². The van der Waals surface area contributed by atoms with E-state index in [0.29, 0.717) is 5.54 Å². The first-order valence-corrected chi connectivity index (χ1v) is 10.5. The van der Waals surface area contributed by atoms with Gasteiger partial charge in [0.25, 0.3) is 0 Å². The van der Waals surface area contributed by atoms with Crippen LogP contribution in [0.5, 0.6) is 0 Å². The number of hydrogen-bond acceptors (Lipinski definition) is 1. The molecule has 1 atom stereocenters. The third kappa shape index (κ3) is 3.77. The standard InChI is InChI=1S/C17H23NSi/c1-14-5-7-16(8-6-14)17(19(2,3)4)13-15-9-11-18-12-10-15/h5-12,17H,13H2,1-4H3. The summed E-state index contributed by atoms with van der Waals surface area (Å²) in [6, 6.07) is 13.4. The van der Waals surface area contributed by atoms with Crippen molar-refractivity contribution in [3.63, 3.8) is 0 Å². The summed E-state index contributed by atoms with van der Waals surface area (Å²) < 4.78 is 0. The van der Waals surface area contributed by atoms with Crippen LogP contribution in [0.15, 0.2) is 48.8 Å². The molecule has 0 radical (unpaired) electrons. The monoisotopic (exact) mass is 269 g/mol. The van der Waals surface area contributed by atoms with Crippen LogP contribution >= 0.6 is 0 Å². The highest BCUT2D eigenvalue weighted by molar-refractivity contribution is 6.77. The van der Waals surface area contributed by atoms with Gasteiger partial charge >= 0.3 is 0 Å². The Balaban J connectivity index is 2.29. The van der Waals surface area contributed by atoms with Crippen LogP contribution in [0.25, 0.3) is 0 Å². The smallest absolute Gasteiger partial charge is 0.0525 e. The highest BCUT2D eigenvalue weighted by atomic mass is 28.3. The van der Waals surface area contributed by atoms with Crippen LogP contribution < -0.4 is 0 Å². The summed E-state index contributed by atoms with van der Waals surface area (Å²) in [5.74, 6) is 0. The van der Waals surface area contributed by atoms with E-state index in [1.807, 2.05) is 12.4 Å². The van der Waals surface area contributed by atoms with Gasteiger partial charge in [0.05, 0.1) is 8.07 Å². The molecular formula is C17H23NSi. The quantitative estimate of drug-likeness (QED) is 0.740. The molecule has 1 heterocycles. The summed E-state index contributed by atoms with van der Waals surface area (Å²) in [7, 11) is -1.25. The second-order valence-electron chi connectivity index (χ2n) is 6.39. The largest absolute Gasteiger partial charge is 0.265 e. The molecule has 0 saturated carbocycles. The van der Waals surface area contributed by atoms with E-state index in [4.69, 9.17) is 0 Å². The van der Waals surface area contributed by atoms with Crippen LogP contribution in [0.1, 0.15) is 22.2 Å². The van der Waals surface area contributed by atoms with Crippen molar-refractivity contribution in [2.45, 2.75) is 38.5 Å². The number of nitrogens with zero attached hydrogens (tertiary/aromatic N) is 1. The fourth-order valence-corrected chi connectivity index (χ4v) is 4.52. The molecule has 2 aromatic rings. The van der Waals surface area contributed by atoms with Crippen LogP contribution in [-0.4, -0.2) is 13.1 Å². The predicted octanol–water partition coefficient (Wildman–Crippen LogP) is 4.59. The van der Waals surface area contributed by atoms with Crippen molar-refractivity contribution in [3.8, 4) is 0 Å². The molecule has 1 unspecified atom stereocenters. The van der Waals surface area contributed by atoms with Crippen LogP contribution in [0.2, 0.25) is 19.6 Å². The third-order valence-corrected chi connectivity index (χ3v) is 6.34. The van der Waals surface area contributed by atoms with E-state index in [-0.39, 0.29) is 0 Å². The Labute approximate surface area is 117 Å². The van der Waals surface area contributed by atoms with E-state index < -0.39 is 8.07 Å². The van der Waals surface area contributed by atoms with Crippen molar-refractivity contribution in [3.05, 3.63) is 65.5 Å². The molecule has 2 heteroatoms. The average Bonchev–Trinajstić information content (AvgIpc) is 2.37. The summed E-state index contributed by atoms with van der Waals surface area (Å²) >= 11 is 0. The van der Waals surface area contributed by atoms with Crippen molar-refractivity contribution in [1.82, 2.24) is 4.98 Å². The average molecular weight is 269 g/mol. The molecule has 0 bridgehead atoms. The molecule has 0 spiro atoms. The van der Waals surface area contributed by atoms with Gasteiger partial charge in [-0.15, -0.1) is 0 Å². The predicted molar refractivity (Wildman–Crippen MR) is 85.2 cm³/mol. The summed E-state index contributed by atoms with van der Waals surface area (Å²) in [6.45, 7) is 9.52. The van der Waals surface area contributed by atoms with Gasteiger partial charge in [-0.1, -0.05) is 49.5 Å². The van der Waals surface area contributed by atoms with Gasteiger partial charge in [-0.2, -0.15) is 0 Å². The molecule has 1 aromatic carbocycles. The normalized spacial score (nSPS) is 13.3. The van der Waals surface area contributed by atoms with Crippen LogP contribution in [0.4, 0.5) is 0 Å². The van der Waals surface area contributed by atoms with E-state index in [1.54, 1.807) is 0 Å². The zero-order valence-electron chi connectivity index (χ0n) is 12.4. The third-order valence-electron chi connectivity index (χ3n) is 3.71. The van der Waals surface area contributed by atoms with E-state index in [9.17, 15) is 0 Å². The van der Waals surface area contributed by atoms with E-state index >= 15 is 0 Å². The second kappa shape index (κ2) is 5.70. The molecule has 0 aliphatic rings. The first-order chi connectivity index (χ1) is 8.97. The first kappa shape index (κ1) is 14.0. The van der Waals surface area contributed by atoms with Crippen molar-refractivity contribution in [1.29, 1.82) is 0 Å². The molecule has 1 aromatic heterocycles. The minimum absolute atomic E-state index is 0.662. The lowest BCUT2D eigenvalue weighted by Gasteiger charge is -2.29. The number of aromatic nitrogens is 1. The van der Waals surface area contributed by atoms with Crippen molar-refractivity contribution < 1.29 is 0 Å². The van der Waals surface area contributed by atoms with Gasteiger partial charge in [-0.05, 0) is 42.1 Å². The fourth-order valence-electron chi connectivity index (χ4n) is 2.48. The van der Waals surface area contributed by atoms with Gasteiger partial charge < -0.3 is 0 Å². The second-order valence-corrected chi connectivity index (χ2v) is 11.8. The maximum atomic E-state index is 4.11. The lowest BCUT2D eigenvalue weighted by Crippen LogP contribution is -2.32. The van der Waals surface area contributed by atoms with Crippen molar-refractivity contribution >= 4 is 8.07 Å². The Kier molecular flexibility index (Phi) is 4.20. The van der Waals surface area contributed by atoms with Crippen molar-refractivity contribution in [2.24, 2.45) is 0 Å². The molecule has 0 aliphatic heterocycles. The van der Waals surface area contributed by atoms with Crippen LogP contribution in [-0.2, 0) is 6.42 Å². The highest BCUT2D eigenvalue weighted by Crippen LogP contribution is 2.30. The Morgan fingerprint density at radius 2 is 1.53 bits per heavy atom. The minimum Gasteiger partial charge on any atom is -0.265 e. The Morgan fingerprint density at radius 3 is 2.05 bits per heavy atom. The lowest BCUT2D eigenvalue weighted by molar-refractivity contribution is 0.874. The Hall–Kier alpha value is -1.41. The van der Waals surface area contributed by atoms with Gasteiger partial charge in [-0.3, -0.25) is 4.98 Å². The molecule has 0 amide bonds. The Morgan fingerprint density at radius 1 is 0.947 bits per heavy atom. The van der Waals surface area contributed by atoms with E-state index in [2.05, 4.69) is 67.9 Å². The molecule has 0 N–H and O–H groups in total. The Bertz CT molecular complexity index is 511. The maximum Gasteiger partial charge on any atom is 0.0525 e. The topological polar surface area (TPSA) is 12.9 Å². The molecule has 100 valence electrons.